The van der Waals surface area contributed by atoms with Gasteiger partial charge in [0.05, 0.1) is 35.2 Å². The summed E-state index contributed by atoms with van der Waals surface area (Å²) < 4.78 is 0. The number of fused-ring (bicyclic) bond motifs is 1. The van der Waals surface area contributed by atoms with Crippen LogP contribution in [0.25, 0.3) is 22.5 Å². The Morgan fingerprint density at radius 2 is 1.17 bits per heavy atom. The first-order valence-electron chi connectivity index (χ1n) is 10.0. The van der Waals surface area contributed by atoms with Gasteiger partial charge in [-0.1, -0.05) is 12.8 Å². The molecule has 1 aliphatic carbocycles. The number of pyridine rings is 2. The third-order valence-corrected chi connectivity index (χ3v) is 5.37. The molecule has 0 atom stereocenters. The average molecular weight is 402 g/mol. The molecule has 8 nitrogen and oxygen atoms in total. The summed E-state index contributed by atoms with van der Waals surface area (Å²) in [4.78, 5) is 30.4. The summed E-state index contributed by atoms with van der Waals surface area (Å²) in [6.45, 7) is 0. The van der Waals surface area contributed by atoms with Crippen LogP contribution in [0.3, 0.4) is 0 Å². The summed E-state index contributed by atoms with van der Waals surface area (Å²) in [6, 6.07) is 3.70. The van der Waals surface area contributed by atoms with Crippen molar-refractivity contribution in [1.29, 1.82) is 0 Å². The van der Waals surface area contributed by atoms with Crippen LogP contribution in [0.5, 0.6) is 0 Å². The van der Waals surface area contributed by atoms with Crippen molar-refractivity contribution < 1.29 is 9.59 Å². The fraction of sp³-hybridized carbons (Fsp3) is 0.273. The Kier molecular flexibility index (Phi) is 6.03. The topological polar surface area (TPSA) is 110 Å². The van der Waals surface area contributed by atoms with E-state index in [1.807, 2.05) is 12.1 Å². The fourth-order valence-electron chi connectivity index (χ4n) is 3.99. The molecule has 0 radical (unpaired) electrons. The highest BCUT2D eigenvalue weighted by Gasteiger charge is 2.22. The zero-order valence-corrected chi connectivity index (χ0v) is 16.5. The lowest BCUT2D eigenvalue weighted by Gasteiger charge is -2.21. The third kappa shape index (κ3) is 3.89. The molecule has 3 aromatic heterocycles. The second kappa shape index (κ2) is 9.21. The molecule has 0 bridgehead atoms. The quantitative estimate of drug-likeness (QED) is 0.612. The van der Waals surface area contributed by atoms with E-state index in [1.165, 1.54) is 12.8 Å². The minimum absolute atomic E-state index is 0.603. The van der Waals surface area contributed by atoms with E-state index in [-0.39, 0.29) is 0 Å². The molecule has 30 heavy (non-hydrogen) atoms. The molecule has 0 saturated heterocycles. The van der Waals surface area contributed by atoms with Gasteiger partial charge in [0.2, 0.25) is 12.8 Å². The van der Waals surface area contributed by atoms with Crippen LogP contribution in [0.15, 0.2) is 36.9 Å². The Hall–Kier alpha value is -3.68. The molecule has 8 heteroatoms. The smallest absolute Gasteiger partial charge is 0.211 e. The van der Waals surface area contributed by atoms with Crippen molar-refractivity contribution >= 4 is 24.2 Å². The van der Waals surface area contributed by atoms with Gasteiger partial charge in [0.1, 0.15) is 0 Å². The molecule has 0 saturated carbocycles. The van der Waals surface area contributed by atoms with Gasteiger partial charge in [-0.25, -0.2) is 0 Å². The second-order valence-corrected chi connectivity index (χ2v) is 7.14. The second-order valence-electron chi connectivity index (χ2n) is 7.14. The molecule has 0 unspecified atom stereocenters. The molecule has 2 N–H and O–H groups in total. The molecule has 4 rings (SSSR count). The van der Waals surface area contributed by atoms with Gasteiger partial charge in [-0.3, -0.25) is 19.6 Å². The Labute approximate surface area is 174 Å². The highest BCUT2D eigenvalue weighted by molar-refractivity contribution is 5.87. The number of hydrogen-bond acceptors (Lipinski definition) is 6. The predicted molar refractivity (Wildman–Crippen MR) is 114 cm³/mol. The number of aromatic nitrogens is 4. The first-order valence-corrected chi connectivity index (χ1v) is 10.0. The standard InChI is InChI=1S/C22H22N6O2/c29-13-25-19-11-23-9-7-17(19)21-15-5-3-1-2-4-6-16(15)22(28-27-21)18-8-10-24-12-20(18)26-14-30/h7-14H,1-6H2,(H,25,29)(H,26,30). The first kappa shape index (κ1) is 19.6. The predicted octanol–water partition coefficient (Wildman–Crippen LogP) is 3.40. The summed E-state index contributed by atoms with van der Waals surface area (Å²) in [5, 5.41) is 14.6. The number of amides is 2. The molecular weight excluding hydrogens is 380 g/mol. The van der Waals surface area contributed by atoms with E-state index in [4.69, 9.17) is 0 Å². The normalized spacial score (nSPS) is 13.5. The van der Waals surface area contributed by atoms with Crippen molar-refractivity contribution in [3.8, 4) is 22.5 Å². The minimum Gasteiger partial charge on any atom is -0.327 e. The largest absolute Gasteiger partial charge is 0.327 e. The molecule has 0 aliphatic heterocycles. The van der Waals surface area contributed by atoms with Gasteiger partial charge in [-0.15, -0.1) is 10.2 Å². The molecule has 152 valence electrons. The average Bonchev–Trinajstić information content (AvgIpc) is 2.75. The van der Waals surface area contributed by atoms with Crippen molar-refractivity contribution in [3.05, 3.63) is 48.0 Å². The van der Waals surface area contributed by atoms with Crippen molar-refractivity contribution in [2.75, 3.05) is 10.6 Å². The van der Waals surface area contributed by atoms with Crippen molar-refractivity contribution in [2.24, 2.45) is 0 Å². The number of hydrogen-bond donors (Lipinski definition) is 2. The third-order valence-electron chi connectivity index (χ3n) is 5.37. The molecular formula is C22H22N6O2. The monoisotopic (exact) mass is 402 g/mol. The number of nitrogens with one attached hydrogen (secondary N) is 2. The van der Waals surface area contributed by atoms with Crippen LogP contribution in [0, 0.1) is 0 Å². The summed E-state index contributed by atoms with van der Waals surface area (Å²) in [7, 11) is 0. The van der Waals surface area contributed by atoms with Crippen LogP contribution < -0.4 is 10.6 Å². The van der Waals surface area contributed by atoms with Crippen LogP contribution in [0.4, 0.5) is 11.4 Å². The van der Waals surface area contributed by atoms with Gasteiger partial charge in [-0.05, 0) is 48.9 Å². The van der Waals surface area contributed by atoms with Gasteiger partial charge >= 0.3 is 0 Å². The lowest BCUT2D eigenvalue weighted by molar-refractivity contribution is -0.106. The fourth-order valence-corrected chi connectivity index (χ4v) is 3.99. The Morgan fingerprint density at radius 3 is 1.60 bits per heavy atom. The minimum atomic E-state index is 0.603. The van der Waals surface area contributed by atoms with E-state index in [1.54, 1.807) is 24.8 Å². The summed E-state index contributed by atoms with van der Waals surface area (Å²) in [6.07, 6.45) is 14.1. The molecule has 3 aromatic rings. The maximum Gasteiger partial charge on any atom is 0.211 e. The van der Waals surface area contributed by atoms with Gasteiger partial charge in [0.25, 0.3) is 0 Å². The highest BCUT2D eigenvalue weighted by Crippen LogP contribution is 2.37. The zero-order valence-electron chi connectivity index (χ0n) is 16.5. The SMILES string of the molecule is O=CNc1cnccc1-c1nnc(-c2ccncc2NC=O)c2c1CCCCCC2. The molecule has 3 heterocycles. The number of carbonyl (C=O) groups excluding carboxylic acids is 2. The van der Waals surface area contributed by atoms with Gasteiger partial charge in [0.15, 0.2) is 0 Å². The number of rotatable bonds is 6. The molecule has 1 aliphatic rings. The molecule has 0 fully saturated rings. The van der Waals surface area contributed by atoms with Crippen molar-refractivity contribution in [2.45, 2.75) is 38.5 Å². The van der Waals surface area contributed by atoms with Crippen LogP contribution in [0.2, 0.25) is 0 Å². The Bertz CT molecular complexity index is 985. The van der Waals surface area contributed by atoms with Crippen LogP contribution >= 0.6 is 0 Å². The summed E-state index contributed by atoms with van der Waals surface area (Å²) in [5.74, 6) is 0. The molecule has 0 aromatic carbocycles. The van der Waals surface area contributed by atoms with E-state index in [9.17, 15) is 9.59 Å². The van der Waals surface area contributed by atoms with Crippen LogP contribution in [0.1, 0.15) is 36.8 Å². The maximum atomic E-state index is 11.1. The number of carbonyl (C=O) groups is 2. The van der Waals surface area contributed by atoms with Crippen LogP contribution in [-0.4, -0.2) is 33.0 Å². The zero-order chi connectivity index (χ0) is 20.8. The van der Waals surface area contributed by atoms with Crippen LogP contribution in [-0.2, 0) is 22.4 Å². The number of anilines is 2. The van der Waals surface area contributed by atoms with Gasteiger partial charge in [0, 0.05) is 23.5 Å². The molecule has 2 amide bonds. The van der Waals surface area contributed by atoms with E-state index in [2.05, 4.69) is 30.8 Å². The Balaban J connectivity index is 1.93. The van der Waals surface area contributed by atoms with E-state index in [0.29, 0.717) is 24.2 Å². The summed E-state index contributed by atoms with van der Waals surface area (Å²) >= 11 is 0. The number of nitrogens with zero attached hydrogens (tertiary/aromatic N) is 4. The van der Waals surface area contributed by atoms with E-state index < -0.39 is 0 Å². The molecule has 0 spiro atoms. The van der Waals surface area contributed by atoms with E-state index in [0.717, 1.165) is 59.3 Å². The van der Waals surface area contributed by atoms with Gasteiger partial charge in [-0.2, -0.15) is 0 Å². The van der Waals surface area contributed by atoms with Crippen molar-refractivity contribution in [1.82, 2.24) is 20.2 Å². The van der Waals surface area contributed by atoms with Gasteiger partial charge < -0.3 is 10.6 Å². The maximum absolute atomic E-state index is 11.1. The van der Waals surface area contributed by atoms with E-state index >= 15 is 0 Å². The lowest BCUT2D eigenvalue weighted by atomic mass is 9.88. The lowest BCUT2D eigenvalue weighted by Crippen LogP contribution is -2.10. The first-order chi connectivity index (χ1) is 14.8. The highest BCUT2D eigenvalue weighted by atomic mass is 16.1. The van der Waals surface area contributed by atoms with Crippen molar-refractivity contribution in [3.63, 3.8) is 0 Å². The Morgan fingerprint density at radius 1 is 0.700 bits per heavy atom. The summed E-state index contributed by atoms with van der Waals surface area (Å²) in [5.41, 5.74) is 6.60.